The molecule has 2 aromatic rings. The van der Waals surface area contributed by atoms with Gasteiger partial charge in [0, 0.05) is 43.9 Å². The van der Waals surface area contributed by atoms with E-state index < -0.39 is 35.5 Å². The molecule has 1 saturated heterocycles. The Morgan fingerprint density at radius 2 is 1.67 bits per heavy atom. The smallest absolute Gasteiger partial charge is 0.387 e. The van der Waals surface area contributed by atoms with Crippen LogP contribution in [0.15, 0.2) is 36.4 Å². The summed E-state index contributed by atoms with van der Waals surface area (Å²) in [6.07, 6.45) is 3.15. The van der Waals surface area contributed by atoms with Crippen LogP contribution in [0.5, 0.6) is 5.75 Å². The lowest BCUT2D eigenvalue weighted by atomic mass is 10.00. The molecule has 0 unspecified atom stereocenters. The number of piperidine rings is 1. The number of nitrogens with zero attached hydrogens (tertiary/aromatic N) is 2. The number of rotatable bonds is 8. The number of alkyl halides is 2. The maximum Gasteiger partial charge on any atom is 0.387 e. The van der Waals surface area contributed by atoms with Gasteiger partial charge in [-0.2, -0.15) is 8.78 Å². The van der Waals surface area contributed by atoms with Crippen LogP contribution in [0.2, 0.25) is 0 Å². The molecule has 1 aliphatic heterocycles. The van der Waals surface area contributed by atoms with E-state index in [2.05, 4.69) is 9.64 Å². The van der Waals surface area contributed by atoms with E-state index in [9.17, 15) is 26.7 Å². The van der Waals surface area contributed by atoms with Crippen molar-refractivity contribution in [3.05, 3.63) is 65.0 Å². The van der Waals surface area contributed by atoms with Crippen molar-refractivity contribution >= 4 is 5.91 Å². The highest BCUT2D eigenvalue weighted by atomic mass is 19.3. The van der Waals surface area contributed by atoms with Crippen LogP contribution >= 0.6 is 0 Å². The molecule has 1 heterocycles. The maximum absolute atomic E-state index is 14.3. The third-order valence-electron chi connectivity index (χ3n) is 6.23. The Bertz CT molecular complexity index is 991. The van der Waals surface area contributed by atoms with Gasteiger partial charge in [0.05, 0.1) is 5.56 Å². The molecule has 178 valence electrons. The molecule has 1 saturated carbocycles. The second-order valence-corrected chi connectivity index (χ2v) is 8.64. The quantitative estimate of drug-likeness (QED) is 0.393. The Morgan fingerprint density at radius 1 is 1.00 bits per heavy atom. The van der Waals surface area contributed by atoms with Gasteiger partial charge in [0.2, 0.25) is 0 Å². The third kappa shape index (κ3) is 5.82. The number of carbonyl (C=O) groups excluding carboxylic acids is 1. The highest BCUT2D eigenvalue weighted by Gasteiger charge is 2.35. The van der Waals surface area contributed by atoms with Gasteiger partial charge in [0.1, 0.15) is 11.6 Å². The van der Waals surface area contributed by atoms with Crippen LogP contribution in [0.3, 0.4) is 0 Å². The van der Waals surface area contributed by atoms with Crippen LogP contribution in [0.25, 0.3) is 0 Å². The van der Waals surface area contributed by atoms with Gasteiger partial charge in [-0.15, -0.1) is 0 Å². The molecule has 4 rings (SSSR count). The van der Waals surface area contributed by atoms with Crippen LogP contribution in [0, 0.1) is 23.4 Å². The SMILES string of the molecule is O=C(c1cc(F)c(F)cc1F)N(CC1CC1)C1CCN(Cc2ccccc2OC(F)F)CC1. The minimum atomic E-state index is -2.91. The summed E-state index contributed by atoms with van der Waals surface area (Å²) in [7, 11) is 0. The Morgan fingerprint density at radius 3 is 2.33 bits per heavy atom. The lowest BCUT2D eigenvalue weighted by Gasteiger charge is -2.39. The number of ether oxygens (including phenoxy) is 1. The molecule has 9 heteroatoms. The second kappa shape index (κ2) is 10.1. The molecular weight excluding hydrogens is 443 g/mol. The number of benzene rings is 2. The number of hydrogen-bond donors (Lipinski definition) is 0. The van der Waals surface area contributed by atoms with Crippen LogP contribution in [0.4, 0.5) is 22.0 Å². The average molecular weight is 468 g/mol. The highest BCUT2D eigenvalue weighted by Crippen LogP contribution is 2.33. The van der Waals surface area contributed by atoms with E-state index in [0.29, 0.717) is 62.6 Å². The van der Waals surface area contributed by atoms with Gasteiger partial charge in [0.15, 0.2) is 11.6 Å². The molecule has 0 radical (unpaired) electrons. The number of hydrogen-bond acceptors (Lipinski definition) is 3. The summed E-state index contributed by atoms with van der Waals surface area (Å²) in [5.74, 6) is -3.83. The monoisotopic (exact) mass is 468 g/mol. The lowest BCUT2D eigenvalue weighted by Crippen LogP contribution is -2.48. The topological polar surface area (TPSA) is 32.8 Å². The van der Waals surface area contributed by atoms with Crippen LogP contribution in [0.1, 0.15) is 41.6 Å². The largest absolute Gasteiger partial charge is 0.434 e. The van der Waals surface area contributed by atoms with Crippen LogP contribution in [-0.4, -0.2) is 48.0 Å². The first-order valence-electron chi connectivity index (χ1n) is 11.0. The van der Waals surface area contributed by atoms with Crippen molar-refractivity contribution in [1.82, 2.24) is 9.80 Å². The summed E-state index contributed by atoms with van der Waals surface area (Å²) in [6, 6.07) is 7.48. The number of likely N-dealkylation sites (tertiary alicyclic amines) is 1. The zero-order chi connectivity index (χ0) is 23.5. The lowest BCUT2D eigenvalue weighted by molar-refractivity contribution is -0.0508. The van der Waals surface area contributed by atoms with Crippen molar-refractivity contribution in [2.45, 2.75) is 44.9 Å². The van der Waals surface area contributed by atoms with E-state index in [4.69, 9.17) is 0 Å². The minimum absolute atomic E-state index is 0.133. The van der Waals surface area contributed by atoms with Gasteiger partial charge in [-0.25, -0.2) is 13.2 Å². The fourth-order valence-electron chi connectivity index (χ4n) is 4.29. The fourth-order valence-corrected chi connectivity index (χ4v) is 4.29. The Kier molecular flexibility index (Phi) is 7.17. The van der Waals surface area contributed by atoms with Gasteiger partial charge in [0.25, 0.3) is 5.91 Å². The predicted octanol–water partition coefficient (Wildman–Crippen LogP) is 5.22. The summed E-state index contributed by atoms with van der Waals surface area (Å²) in [4.78, 5) is 16.8. The molecule has 0 aromatic heterocycles. The first kappa shape index (κ1) is 23.5. The van der Waals surface area contributed by atoms with Crippen molar-refractivity contribution < 1.29 is 31.5 Å². The summed E-state index contributed by atoms with van der Waals surface area (Å²) in [5.41, 5.74) is 0.182. The molecule has 1 aliphatic carbocycles. The number of carbonyl (C=O) groups is 1. The molecule has 1 amide bonds. The number of halogens is 5. The second-order valence-electron chi connectivity index (χ2n) is 8.64. The summed E-state index contributed by atoms with van der Waals surface area (Å²) >= 11 is 0. The van der Waals surface area contributed by atoms with E-state index in [1.807, 2.05) is 0 Å². The average Bonchev–Trinajstić information content (AvgIpc) is 3.60. The predicted molar refractivity (Wildman–Crippen MR) is 111 cm³/mol. The highest BCUT2D eigenvalue weighted by molar-refractivity contribution is 5.94. The van der Waals surface area contributed by atoms with E-state index in [0.717, 1.165) is 12.8 Å². The molecule has 2 aliphatic rings. The minimum Gasteiger partial charge on any atom is -0.434 e. The molecule has 0 bridgehead atoms. The first-order chi connectivity index (χ1) is 15.8. The maximum atomic E-state index is 14.3. The normalized spacial score (nSPS) is 17.4. The molecule has 0 N–H and O–H groups in total. The van der Waals surface area contributed by atoms with Crippen molar-refractivity contribution in [2.24, 2.45) is 5.92 Å². The van der Waals surface area contributed by atoms with Gasteiger partial charge in [-0.05, 0) is 43.7 Å². The molecule has 0 spiro atoms. The van der Waals surface area contributed by atoms with Crippen LogP contribution < -0.4 is 4.74 Å². The van der Waals surface area contributed by atoms with Crippen molar-refractivity contribution in [1.29, 1.82) is 0 Å². The zero-order valence-corrected chi connectivity index (χ0v) is 18.0. The van der Waals surface area contributed by atoms with Gasteiger partial charge in [-0.3, -0.25) is 9.69 Å². The molecule has 33 heavy (non-hydrogen) atoms. The molecular formula is C24H25F5N2O2. The van der Waals surface area contributed by atoms with Crippen molar-refractivity contribution in [2.75, 3.05) is 19.6 Å². The molecule has 2 aromatic carbocycles. The summed E-state index contributed by atoms with van der Waals surface area (Å²) < 4.78 is 71.2. The molecule has 0 atom stereocenters. The van der Waals surface area contributed by atoms with Crippen molar-refractivity contribution in [3.8, 4) is 5.75 Å². The summed E-state index contributed by atoms with van der Waals surface area (Å²) in [6.45, 7) is -0.836. The Hall–Kier alpha value is -2.68. The standard InChI is InChI=1S/C24H25F5N2O2/c25-19-12-21(27)20(26)11-18(19)23(32)31(13-15-5-6-15)17-7-9-30(10-8-17)14-16-3-1-2-4-22(16)33-24(28)29/h1-4,11-12,15,17,24H,5-10,13-14H2. The molecule has 2 fully saturated rings. The zero-order valence-electron chi connectivity index (χ0n) is 18.0. The number of para-hydroxylation sites is 1. The van der Waals surface area contributed by atoms with Gasteiger partial charge >= 0.3 is 6.61 Å². The van der Waals surface area contributed by atoms with Crippen molar-refractivity contribution in [3.63, 3.8) is 0 Å². The van der Waals surface area contributed by atoms with E-state index in [1.54, 1.807) is 23.1 Å². The molecule has 4 nitrogen and oxygen atoms in total. The number of amides is 1. The van der Waals surface area contributed by atoms with Crippen LogP contribution in [-0.2, 0) is 6.54 Å². The van der Waals surface area contributed by atoms with Gasteiger partial charge in [-0.1, -0.05) is 18.2 Å². The van der Waals surface area contributed by atoms with E-state index in [-0.39, 0.29) is 11.8 Å². The van der Waals surface area contributed by atoms with E-state index >= 15 is 0 Å². The third-order valence-corrected chi connectivity index (χ3v) is 6.23. The first-order valence-corrected chi connectivity index (χ1v) is 11.0. The van der Waals surface area contributed by atoms with Gasteiger partial charge < -0.3 is 9.64 Å². The Labute approximate surface area is 188 Å². The summed E-state index contributed by atoms with van der Waals surface area (Å²) in [5, 5.41) is 0. The van der Waals surface area contributed by atoms with E-state index in [1.165, 1.54) is 6.07 Å². The fraction of sp³-hybridized carbons (Fsp3) is 0.458. The Balaban J connectivity index is 1.43.